The molecule has 2 heterocycles. The van der Waals surface area contributed by atoms with Gasteiger partial charge in [-0.3, -0.25) is 0 Å². The molecule has 0 N–H and O–H groups in total. The molecule has 0 radical (unpaired) electrons. The number of nitrogens with zero attached hydrogens (tertiary/aromatic N) is 2. The Kier molecular flexibility index (Phi) is 7.02. The first kappa shape index (κ1) is 32.6. The van der Waals surface area contributed by atoms with Crippen LogP contribution in [0.2, 0.25) is 0 Å². The zero-order valence-corrected chi connectivity index (χ0v) is 30.4. The van der Waals surface area contributed by atoms with Crippen LogP contribution < -0.4 is 0 Å². The molecule has 0 saturated heterocycles. The molecule has 0 fully saturated rings. The fourth-order valence-electron chi connectivity index (χ4n) is 8.88. The number of aryl methyl sites for hydroxylation is 1. The van der Waals surface area contributed by atoms with Crippen molar-refractivity contribution in [1.82, 2.24) is 9.13 Å². The van der Waals surface area contributed by atoms with Gasteiger partial charge in [-0.05, 0) is 143 Å². The van der Waals surface area contributed by atoms with Crippen molar-refractivity contribution in [3.8, 4) is 44.8 Å². The van der Waals surface area contributed by atoms with Crippen molar-refractivity contribution in [2.45, 2.75) is 19.5 Å². The van der Waals surface area contributed by atoms with Crippen LogP contribution in [0.15, 0.2) is 170 Å². The Morgan fingerprint density at radius 3 is 1.30 bits per heavy atom. The Hall–Kier alpha value is -6.85. The largest absolute Gasteiger partial charge is 0.416 e. The first-order chi connectivity index (χ1) is 27.3. The summed E-state index contributed by atoms with van der Waals surface area (Å²) in [6.45, 7) is 2.12. The quantitative estimate of drug-likeness (QED) is 0.171. The highest BCUT2D eigenvalue weighted by Crippen LogP contribution is 2.43. The molecule has 0 aliphatic heterocycles. The molecule has 5 heteroatoms. The monoisotopic (exact) mass is 730 g/mol. The minimum Gasteiger partial charge on any atom is -0.309 e. The van der Waals surface area contributed by atoms with Gasteiger partial charge in [0.2, 0.25) is 0 Å². The highest BCUT2D eigenvalue weighted by Gasteiger charge is 2.30. The highest BCUT2D eigenvalue weighted by atomic mass is 19.4. The second-order valence-electron chi connectivity index (χ2n) is 15.0. The van der Waals surface area contributed by atoms with Crippen LogP contribution in [0.25, 0.3) is 88.4 Å². The summed E-state index contributed by atoms with van der Waals surface area (Å²) in [6, 6.07) is 57.8. The van der Waals surface area contributed by atoms with Gasteiger partial charge in [-0.15, -0.1) is 0 Å². The number of rotatable bonds is 4. The van der Waals surface area contributed by atoms with E-state index in [2.05, 4.69) is 139 Å². The van der Waals surface area contributed by atoms with Gasteiger partial charge in [0.1, 0.15) is 0 Å². The van der Waals surface area contributed by atoms with E-state index in [9.17, 15) is 13.2 Å². The molecule has 56 heavy (non-hydrogen) atoms. The number of para-hydroxylation sites is 2. The van der Waals surface area contributed by atoms with Crippen molar-refractivity contribution in [2.24, 2.45) is 0 Å². The lowest BCUT2D eigenvalue weighted by Gasteiger charge is -2.11. The van der Waals surface area contributed by atoms with Gasteiger partial charge in [0, 0.05) is 32.9 Å². The van der Waals surface area contributed by atoms with Gasteiger partial charge < -0.3 is 9.13 Å². The number of aromatic nitrogens is 2. The van der Waals surface area contributed by atoms with Gasteiger partial charge in [-0.2, -0.15) is 13.2 Å². The third-order valence-electron chi connectivity index (χ3n) is 11.6. The van der Waals surface area contributed by atoms with Gasteiger partial charge in [0.05, 0.1) is 27.6 Å². The molecule has 8 aromatic carbocycles. The molecular formula is C51H33F3N2. The lowest BCUT2D eigenvalue weighted by molar-refractivity contribution is -0.137. The van der Waals surface area contributed by atoms with Crippen LogP contribution in [-0.4, -0.2) is 9.13 Å². The molecule has 1 aliphatic carbocycles. The smallest absolute Gasteiger partial charge is 0.309 e. The molecule has 2 nitrogen and oxygen atoms in total. The number of halogens is 3. The van der Waals surface area contributed by atoms with E-state index < -0.39 is 11.7 Å². The van der Waals surface area contributed by atoms with Gasteiger partial charge in [0.15, 0.2) is 0 Å². The maximum absolute atomic E-state index is 13.4. The summed E-state index contributed by atoms with van der Waals surface area (Å²) < 4.78 is 44.6. The van der Waals surface area contributed by atoms with Crippen molar-refractivity contribution in [1.29, 1.82) is 0 Å². The lowest BCUT2D eigenvalue weighted by Crippen LogP contribution is -2.05. The van der Waals surface area contributed by atoms with E-state index in [0.717, 1.165) is 57.2 Å². The van der Waals surface area contributed by atoms with Gasteiger partial charge in [-0.1, -0.05) is 90.5 Å². The first-order valence-corrected chi connectivity index (χ1v) is 18.9. The molecular weight excluding hydrogens is 698 g/mol. The number of benzene rings is 8. The van der Waals surface area contributed by atoms with Crippen LogP contribution in [0, 0.1) is 6.92 Å². The average Bonchev–Trinajstić information content (AvgIpc) is 3.87. The zero-order valence-electron chi connectivity index (χ0n) is 30.4. The first-order valence-electron chi connectivity index (χ1n) is 18.9. The molecule has 0 bridgehead atoms. The van der Waals surface area contributed by atoms with Gasteiger partial charge in [-0.25, -0.2) is 0 Å². The second-order valence-corrected chi connectivity index (χ2v) is 15.0. The van der Waals surface area contributed by atoms with Crippen molar-refractivity contribution in [3.63, 3.8) is 0 Å². The predicted octanol–water partition coefficient (Wildman–Crippen LogP) is 14.1. The van der Waals surface area contributed by atoms with Crippen molar-refractivity contribution in [2.75, 3.05) is 0 Å². The van der Waals surface area contributed by atoms with Crippen LogP contribution in [0.4, 0.5) is 13.2 Å². The molecule has 268 valence electrons. The topological polar surface area (TPSA) is 9.86 Å². The Bertz CT molecular complexity index is 3200. The van der Waals surface area contributed by atoms with Crippen LogP contribution in [-0.2, 0) is 12.6 Å². The molecule has 0 spiro atoms. The Balaban J connectivity index is 0.986. The minimum atomic E-state index is -4.38. The summed E-state index contributed by atoms with van der Waals surface area (Å²) in [5.41, 5.74) is 16.5. The number of hydrogen-bond acceptors (Lipinski definition) is 0. The predicted molar refractivity (Wildman–Crippen MR) is 224 cm³/mol. The third kappa shape index (κ3) is 5.04. The summed E-state index contributed by atoms with van der Waals surface area (Å²) in [6.07, 6.45) is -3.49. The summed E-state index contributed by atoms with van der Waals surface area (Å²) in [7, 11) is 0. The number of hydrogen-bond donors (Lipinski definition) is 0. The lowest BCUT2D eigenvalue weighted by atomic mass is 9.95. The molecule has 0 saturated carbocycles. The summed E-state index contributed by atoms with van der Waals surface area (Å²) in [5.74, 6) is 0. The Morgan fingerprint density at radius 1 is 0.411 bits per heavy atom. The van der Waals surface area contributed by atoms with Crippen molar-refractivity contribution >= 4 is 43.6 Å². The molecule has 2 aromatic heterocycles. The Morgan fingerprint density at radius 2 is 0.821 bits per heavy atom. The standard InChI is InChI=1S/C51H33F3N2/c1-31-10-20-39(21-11-31)55-47-8-4-2-6-41(47)45-29-34(16-24-49(45)55)32-12-14-36-26-37-15-13-33(28-44(37)43(36)27-32)35-17-25-50-46(30-35)42-7-3-5-9-48(42)56(50)40-22-18-38(19-23-40)51(52,53)54/h2-25,27-30H,26H2,1H3. The number of fused-ring (bicyclic) bond motifs is 9. The number of alkyl halides is 3. The van der Waals surface area contributed by atoms with Crippen LogP contribution >= 0.6 is 0 Å². The highest BCUT2D eigenvalue weighted by molar-refractivity contribution is 6.11. The molecule has 11 rings (SSSR count). The van der Waals surface area contributed by atoms with E-state index >= 15 is 0 Å². The Labute approximate surface area is 321 Å². The molecule has 10 aromatic rings. The SMILES string of the molecule is Cc1ccc(-n2c3ccccc3c3cc(-c4ccc5c(c4)-c4cc(-c6ccc7c(c6)c6ccccc6n7-c6ccc(C(F)(F)F)cc6)ccc4C5)ccc32)cc1. The van der Waals surface area contributed by atoms with Crippen LogP contribution in [0.3, 0.4) is 0 Å². The van der Waals surface area contributed by atoms with Gasteiger partial charge in [0.25, 0.3) is 0 Å². The van der Waals surface area contributed by atoms with E-state index in [1.807, 2.05) is 22.8 Å². The summed E-state index contributed by atoms with van der Waals surface area (Å²) in [5, 5.41) is 4.58. The van der Waals surface area contributed by atoms with Gasteiger partial charge >= 0.3 is 6.18 Å². The van der Waals surface area contributed by atoms with Crippen LogP contribution in [0.1, 0.15) is 22.3 Å². The average molecular weight is 731 g/mol. The fraction of sp³-hybridized carbons (Fsp3) is 0.0588. The minimum absolute atomic E-state index is 0.655. The molecule has 0 amide bonds. The summed E-state index contributed by atoms with van der Waals surface area (Å²) in [4.78, 5) is 0. The van der Waals surface area contributed by atoms with E-state index in [0.29, 0.717) is 5.69 Å². The summed E-state index contributed by atoms with van der Waals surface area (Å²) >= 11 is 0. The van der Waals surface area contributed by atoms with Crippen molar-refractivity contribution < 1.29 is 13.2 Å². The molecule has 0 atom stereocenters. The fourth-order valence-corrected chi connectivity index (χ4v) is 8.88. The van der Waals surface area contributed by atoms with E-state index in [-0.39, 0.29) is 0 Å². The van der Waals surface area contributed by atoms with Crippen LogP contribution in [0.5, 0.6) is 0 Å². The molecule has 1 aliphatic rings. The maximum Gasteiger partial charge on any atom is 0.416 e. The second kappa shape index (κ2) is 12.1. The molecule has 0 unspecified atom stereocenters. The van der Waals surface area contributed by atoms with E-state index in [4.69, 9.17) is 0 Å². The van der Waals surface area contributed by atoms with E-state index in [1.54, 1.807) is 12.1 Å². The normalized spacial score (nSPS) is 12.6. The van der Waals surface area contributed by atoms with E-state index in [1.165, 1.54) is 60.8 Å². The third-order valence-corrected chi connectivity index (χ3v) is 11.6. The van der Waals surface area contributed by atoms with Crippen molar-refractivity contribution in [3.05, 3.63) is 192 Å². The maximum atomic E-state index is 13.4. The zero-order chi connectivity index (χ0) is 37.7.